The summed E-state index contributed by atoms with van der Waals surface area (Å²) in [7, 11) is 1.34. The monoisotopic (exact) mass is 271 g/mol. The number of nitrogens with zero attached hydrogens (tertiary/aromatic N) is 1. The van der Waals surface area contributed by atoms with Gasteiger partial charge in [0.05, 0.1) is 13.7 Å². The topological polar surface area (TPSA) is 102 Å². The van der Waals surface area contributed by atoms with E-state index < -0.39 is 5.91 Å². The first-order valence-corrected chi connectivity index (χ1v) is 6.25. The summed E-state index contributed by atoms with van der Waals surface area (Å²) >= 11 is 0. The maximum atomic E-state index is 11.3. The Hall–Kier alpha value is -1.63. The van der Waals surface area contributed by atoms with Gasteiger partial charge in [-0.2, -0.15) is 0 Å². The molecule has 0 bridgehead atoms. The fourth-order valence-corrected chi connectivity index (χ4v) is 2.51. The highest BCUT2D eigenvalue weighted by Crippen LogP contribution is 2.20. The number of nitrogens with two attached hydrogens (primary N) is 1. The van der Waals surface area contributed by atoms with Crippen molar-refractivity contribution in [1.29, 1.82) is 0 Å². The van der Waals surface area contributed by atoms with Crippen molar-refractivity contribution < 1.29 is 19.1 Å². The normalized spacial score (nSPS) is 23.7. The van der Waals surface area contributed by atoms with E-state index in [9.17, 15) is 14.4 Å². The molecule has 2 unspecified atom stereocenters. The summed E-state index contributed by atoms with van der Waals surface area (Å²) in [4.78, 5) is 35.3. The zero-order valence-corrected chi connectivity index (χ0v) is 11.3. The number of rotatable bonds is 5. The van der Waals surface area contributed by atoms with E-state index in [0.717, 1.165) is 0 Å². The summed E-state index contributed by atoms with van der Waals surface area (Å²) in [6.45, 7) is 2.75. The molecule has 1 saturated heterocycles. The third-order valence-corrected chi connectivity index (χ3v) is 3.08. The van der Waals surface area contributed by atoms with E-state index in [-0.39, 0.29) is 36.8 Å². The highest BCUT2D eigenvalue weighted by molar-refractivity contribution is 5.76. The molecule has 2 amide bonds. The molecule has 19 heavy (non-hydrogen) atoms. The van der Waals surface area contributed by atoms with Crippen molar-refractivity contribution in [1.82, 2.24) is 10.2 Å². The van der Waals surface area contributed by atoms with Gasteiger partial charge in [-0.15, -0.1) is 0 Å². The largest absolute Gasteiger partial charge is 0.469 e. The number of carbonyl (C=O) groups is 3. The van der Waals surface area contributed by atoms with Gasteiger partial charge in [-0.25, -0.2) is 0 Å². The van der Waals surface area contributed by atoms with Crippen LogP contribution in [0.4, 0.5) is 0 Å². The van der Waals surface area contributed by atoms with Gasteiger partial charge in [-0.3, -0.25) is 19.3 Å². The Kier molecular flexibility index (Phi) is 5.75. The van der Waals surface area contributed by atoms with Gasteiger partial charge in [-0.1, -0.05) is 0 Å². The maximum absolute atomic E-state index is 11.3. The molecule has 1 rings (SSSR count). The second-order valence-electron chi connectivity index (χ2n) is 4.94. The summed E-state index contributed by atoms with van der Waals surface area (Å²) in [6.07, 6.45) is 0.978. The maximum Gasteiger partial charge on any atom is 0.305 e. The van der Waals surface area contributed by atoms with Crippen LogP contribution in [0.1, 0.15) is 19.8 Å². The van der Waals surface area contributed by atoms with E-state index in [4.69, 9.17) is 5.73 Å². The van der Waals surface area contributed by atoms with Crippen molar-refractivity contribution in [3.63, 3.8) is 0 Å². The number of nitrogens with one attached hydrogen (secondary N) is 1. The summed E-state index contributed by atoms with van der Waals surface area (Å²) < 4.78 is 4.65. The van der Waals surface area contributed by atoms with E-state index >= 15 is 0 Å². The molecular formula is C12H21N3O4. The lowest BCUT2D eigenvalue weighted by Gasteiger charge is -2.37. The van der Waals surface area contributed by atoms with Crippen molar-refractivity contribution in [2.24, 2.45) is 11.7 Å². The van der Waals surface area contributed by atoms with Gasteiger partial charge in [0, 0.05) is 32.5 Å². The van der Waals surface area contributed by atoms with E-state index in [1.165, 1.54) is 14.0 Å². The molecule has 0 aromatic carbocycles. The third-order valence-electron chi connectivity index (χ3n) is 3.08. The Morgan fingerprint density at radius 1 is 1.37 bits per heavy atom. The van der Waals surface area contributed by atoms with Crippen molar-refractivity contribution in [2.75, 3.05) is 26.7 Å². The van der Waals surface area contributed by atoms with Crippen molar-refractivity contribution in [3.8, 4) is 0 Å². The number of ether oxygens (including phenoxy) is 1. The molecule has 1 fully saturated rings. The highest BCUT2D eigenvalue weighted by Gasteiger charge is 2.29. The number of methoxy groups -OCH3 is 1. The molecule has 1 heterocycles. The van der Waals surface area contributed by atoms with Crippen LogP contribution < -0.4 is 11.1 Å². The number of primary amides is 1. The number of hydrogen-bond acceptors (Lipinski definition) is 5. The Morgan fingerprint density at radius 2 is 2.05 bits per heavy atom. The SMILES string of the molecule is COC(=O)CC1CC(NC(C)=O)CN(CC(N)=O)C1. The summed E-state index contributed by atoms with van der Waals surface area (Å²) in [5.41, 5.74) is 5.18. The molecular weight excluding hydrogens is 250 g/mol. The highest BCUT2D eigenvalue weighted by atomic mass is 16.5. The Labute approximate surface area is 112 Å². The number of esters is 1. The molecule has 0 spiro atoms. The lowest BCUT2D eigenvalue weighted by Crippen LogP contribution is -2.52. The molecule has 0 radical (unpaired) electrons. The number of amides is 2. The molecule has 0 aliphatic carbocycles. The zero-order valence-electron chi connectivity index (χ0n) is 11.3. The molecule has 108 valence electrons. The van der Waals surface area contributed by atoms with Gasteiger partial charge >= 0.3 is 5.97 Å². The summed E-state index contributed by atoms with van der Waals surface area (Å²) in [5, 5.41) is 2.82. The van der Waals surface area contributed by atoms with E-state index in [2.05, 4.69) is 10.1 Å². The van der Waals surface area contributed by atoms with Crippen LogP contribution in [0.3, 0.4) is 0 Å². The molecule has 1 aliphatic rings. The average molecular weight is 271 g/mol. The first kappa shape index (κ1) is 15.4. The van der Waals surface area contributed by atoms with Crippen molar-refractivity contribution in [3.05, 3.63) is 0 Å². The summed E-state index contributed by atoms with van der Waals surface area (Å²) in [6, 6.07) is -0.0692. The fourth-order valence-electron chi connectivity index (χ4n) is 2.51. The van der Waals surface area contributed by atoms with Crippen LogP contribution in [0.5, 0.6) is 0 Å². The van der Waals surface area contributed by atoms with Gasteiger partial charge in [0.1, 0.15) is 0 Å². The molecule has 0 aromatic heterocycles. The van der Waals surface area contributed by atoms with Crippen LogP contribution in [0, 0.1) is 5.92 Å². The second kappa shape index (κ2) is 7.08. The Balaban J connectivity index is 2.62. The van der Waals surface area contributed by atoms with Crippen LogP contribution in [-0.2, 0) is 19.1 Å². The number of likely N-dealkylation sites (tertiary alicyclic amines) is 1. The van der Waals surface area contributed by atoms with Gasteiger partial charge in [0.2, 0.25) is 11.8 Å². The molecule has 1 aliphatic heterocycles. The van der Waals surface area contributed by atoms with Gasteiger partial charge in [0.25, 0.3) is 0 Å². The van der Waals surface area contributed by atoms with Gasteiger partial charge in [-0.05, 0) is 12.3 Å². The Morgan fingerprint density at radius 3 is 2.58 bits per heavy atom. The fraction of sp³-hybridized carbons (Fsp3) is 0.750. The van der Waals surface area contributed by atoms with Crippen LogP contribution in [-0.4, -0.2) is 55.5 Å². The minimum absolute atomic E-state index is 0.0531. The van der Waals surface area contributed by atoms with E-state index in [1.54, 1.807) is 0 Å². The van der Waals surface area contributed by atoms with Crippen LogP contribution >= 0.6 is 0 Å². The first-order valence-electron chi connectivity index (χ1n) is 6.25. The second-order valence-corrected chi connectivity index (χ2v) is 4.94. The number of carbonyl (C=O) groups excluding carboxylic acids is 3. The molecule has 7 nitrogen and oxygen atoms in total. The average Bonchev–Trinajstić information content (AvgIpc) is 2.26. The predicted octanol–water partition coefficient (Wildman–Crippen LogP) is -1.14. The molecule has 7 heteroatoms. The van der Waals surface area contributed by atoms with Crippen LogP contribution in [0.2, 0.25) is 0 Å². The Bertz CT molecular complexity index is 335. The quantitative estimate of drug-likeness (QED) is 0.616. The lowest BCUT2D eigenvalue weighted by atomic mass is 9.91. The third kappa shape index (κ3) is 5.69. The zero-order chi connectivity index (χ0) is 14.4. The minimum Gasteiger partial charge on any atom is -0.469 e. The smallest absolute Gasteiger partial charge is 0.305 e. The van der Waals surface area contributed by atoms with Crippen molar-refractivity contribution in [2.45, 2.75) is 25.8 Å². The standard InChI is InChI=1S/C12H21N3O4/c1-8(16)14-10-3-9(4-12(18)19-2)5-15(6-10)7-11(13)17/h9-10H,3-7H2,1-2H3,(H2,13,17)(H,14,16). The van der Waals surface area contributed by atoms with Crippen LogP contribution in [0.25, 0.3) is 0 Å². The molecule has 0 saturated carbocycles. The molecule has 2 atom stereocenters. The van der Waals surface area contributed by atoms with E-state index in [1.807, 2.05) is 4.90 Å². The minimum atomic E-state index is -0.416. The number of hydrogen-bond donors (Lipinski definition) is 2. The van der Waals surface area contributed by atoms with E-state index in [0.29, 0.717) is 19.5 Å². The van der Waals surface area contributed by atoms with Gasteiger partial charge in [0.15, 0.2) is 0 Å². The number of piperidine rings is 1. The lowest BCUT2D eigenvalue weighted by molar-refractivity contribution is -0.142. The molecule has 0 aromatic rings. The van der Waals surface area contributed by atoms with Crippen molar-refractivity contribution >= 4 is 17.8 Å². The first-order chi connectivity index (χ1) is 8.90. The van der Waals surface area contributed by atoms with Gasteiger partial charge < -0.3 is 15.8 Å². The van der Waals surface area contributed by atoms with Crippen LogP contribution in [0.15, 0.2) is 0 Å². The predicted molar refractivity (Wildman–Crippen MR) is 68.0 cm³/mol. The molecule has 3 N–H and O–H groups in total. The summed E-state index contributed by atoms with van der Waals surface area (Å²) in [5.74, 6) is -0.770.